The van der Waals surface area contributed by atoms with Crippen LogP contribution in [0.1, 0.15) is 19.8 Å². The van der Waals surface area contributed by atoms with Gasteiger partial charge >= 0.3 is 0 Å². The van der Waals surface area contributed by atoms with Gasteiger partial charge in [0.15, 0.2) is 0 Å². The summed E-state index contributed by atoms with van der Waals surface area (Å²) in [5, 5.41) is 0. The molecule has 0 spiro atoms. The fraction of sp³-hybridized carbons (Fsp3) is 0.467. The van der Waals surface area contributed by atoms with Gasteiger partial charge in [-0.05, 0) is 38.0 Å². The maximum absolute atomic E-state index is 6.06. The molecule has 0 radical (unpaired) electrons. The maximum Gasteiger partial charge on any atom is 0.0692 e. The number of ether oxygens (including phenoxy) is 1. The van der Waals surface area contributed by atoms with Gasteiger partial charge in [-0.1, -0.05) is 22.0 Å². The molecule has 0 aliphatic carbocycles. The first-order valence-electron chi connectivity index (χ1n) is 6.59. The van der Waals surface area contributed by atoms with Gasteiger partial charge in [0.1, 0.15) is 0 Å². The number of hydrogen-bond donors (Lipinski definition) is 1. The predicted octanol–water partition coefficient (Wildman–Crippen LogP) is 3.59. The van der Waals surface area contributed by atoms with E-state index in [4.69, 9.17) is 10.5 Å². The summed E-state index contributed by atoms with van der Waals surface area (Å²) in [6.45, 7) is 8.44. The van der Waals surface area contributed by atoms with E-state index in [1.165, 1.54) is 0 Å². The van der Waals surface area contributed by atoms with E-state index in [-0.39, 0.29) is 5.60 Å². The number of nitrogens with zero attached hydrogens (tertiary/aromatic N) is 1. The number of nitrogens with two attached hydrogens (primary N) is 1. The third kappa shape index (κ3) is 3.51. The molecule has 1 heterocycles. The quantitative estimate of drug-likeness (QED) is 0.679. The van der Waals surface area contributed by atoms with Gasteiger partial charge in [0, 0.05) is 17.6 Å². The Kier molecular flexibility index (Phi) is 4.53. The van der Waals surface area contributed by atoms with E-state index in [9.17, 15) is 0 Å². The molecule has 104 valence electrons. The smallest absolute Gasteiger partial charge is 0.0692 e. The Labute approximate surface area is 123 Å². The summed E-state index contributed by atoms with van der Waals surface area (Å²) in [4.78, 5) is 2.33. The van der Waals surface area contributed by atoms with E-state index in [0.29, 0.717) is 6.61 Å². The largest absolute Gasteiger partial charge is 0.397 e. The van der Waals surface area contributed by atoms with Gasteiger partial charge < -0.3 is 15.4 Å². The summed E-state index contributed by atoms with van der Waals surface area (Å²) in [6.07, 6.45) is 3.82. The molecular weight excluding hydrogens is 304 g/mol. The Morgan fingerprint density at radius 1 is 1.47 bits per heavy atom. The Balaban J connectivity index is 2.03. The molecule has 1 aromatic rings. The van der Waals surface area contributed by atoms with Gasteiger partial charge in [0.2, 0.25) is 0 Å². The van der Waals surface area contributed by atoms with E-state index >= 15 is 0 Å². The number of nitrogen functional groups attached to an aromatic ring is 1. The molecule has 2 rings (SSSR count). The van der Waals surface area contributed by atoms with E-state index in [1.54, 1.807) is 0 Å². The molecule has 4 heteroatoms. The van der Waals surface area contributed by atoms with Gasteiger partial charge in [-0.15, -0.1) is 6.58 Å². The van der Waals surface area contributed by atoms with E-state index < -0.39 is 0 Å². The van der Waals surface area contributed by atoms with Crippen molar-refractivity contribution < 1.29 is 4.74 Å². The van der Waals surface area contributed by atoms with Crippen LogP contribution in [0, 0.1) is 0 Å². The topological polar surface area (TPSA) is 38.5 Å². The van der Waals surface area contributed by atoms with Gasteiger partial charge in [0.05, 0.1) is 23.6 Å². The van der Waals surface area contributed by atoms with Gasteiger partial charge in [-0.3, -0.25) is 0 Å². The van der Waals surface area contributed by atoms with Crippen molar-refractivity contribution in [2.45, 2.75) is 25.4 Å². The zero-order valence-corrected chi connectivity index (χ0v) is 12.9. The molecular formula is C15H21BrN2O. The lowest BCUT2D eigenvalue weighted by Crippen LogP contribution is -2.44. The standard InChI is InChI=1S/C15H21BrN2O/c1-3-10-19-15(2)6-8-18(9-7-15)14-11-12(16)4-5-13(14)17/h3-5,11H,1,6-10,17H2,2H3. The summed E-state index contributed by atoms with van der Waals surface area (Å²) in [5.41, 5.74) is 7.97. The van der Waals surface area contributed by atoms with Crippen molar-refractivity contribution >= 4 is 27.3 Å². The normalized spacial score (nSPS) is 18.3. The Bertz CT molecular complexity index is 453. The Morgan fingerprint density at radius 3 is 2.79 bits per heavy atom. The van der Waals surface area contributed by atoms with E-state index in [0.717, 1.165) is 41.8 Å². The number of hydrogen-bond acceptors (Lipinski definition) is 3. The number of rotatable bonds is 4. The summed E-state index contributed by atoms with van der Waals surface area (Å²) in [5.74, 6) is 0. The van der Waals surface area contributed by atoms with Crippen molar-refractivity contribution in [3.63, 3.8) is 0 Å². The molecule has 1 fully saturated rings. The fourth-order valence-electron chi connectivity index (χ4n) is 2.42. The molecule has 1 aliphatic heterocycles. The van der Waals surface area contributed by atoms with Crippen LogP contribution in [0.3, 0.4) is 0 Å². The maximum atomic E-state index is 6.06. The summed E-state index contributed by atoms with van der Waals surface area (Å²) < 4.78 is 6.94. The van der Waals surface area contributed by atoms with Crippen molar-refractivity contribution in [2.75, 3.05) is 30.3 Å². The second-order valence-corrected chi connectivity index (χ2v) is 6.16. The molecule has 3 nitrogen and oxygen atoms in total. The fourth-order valence-corrected chi connectivity index (χ4v) is 2.76. The van der Waals surface area contributed by atoms with Crippen LogP contribution in [0.5, 0.6) is 0 Å². The first kappa shape index (κ1) is 14.4. The number of anilines is 2. The van der Waals surface area contributed by atoms with Crippen molar-refractivity contribution in [2.24, 2.45) is 0 Å². The molecule has 1 saturated heterocycles. The first-order valence-corrected chi connectivity index (χ1v) is 7.38. The third-order valence-corrected chi connectivity index (χ3v) is 4.20. The van der Waals surface area contributed by atoms with Gasteiger partial charge in [-0.25, -0.2) is 0 Å². The molecule has 1 aromatic carbocycles. The van der Waals surface area contributed by atoms with E-state index in [2.05, 4.69) is 40.4 Å². The SMILES string of the molecule is C=CCOC1(C)CCN(c2cc(Br)ccc2N)CC1. The lowest BCUT2D eigenvalue weighted by molar-refractivity contribution is -0.0334. The summed E-state index contributed by atoms with van der Waals surface area (Å²) in [6, 6.07) is 6.00. The van der Waals surface area contributed by atoms with E-state index in [1.807, 2.05) is 18.2 Å². The average Bonchev–Trinajstić information content (AvgIpc) is 2.40. The second-order valence-electron chi connectivity index (χ2n) is 5.24. The summed E-state index contributed by atoms with van der Waals surface area (Å²) in [7, 11) is 0. The van der Waals surface area contributed by atoms with Crippen LogP contribution in [-0.2, 0) is 4.74 Å². The molecule has 2 N–H and O–H groups in total. The lowest BCUT2D eigenvalue weighted by atomic mass is 9.93. The van der Waals surface area contributed by atoms with Crippen LogP contribution in [0.15, 0.2) is 35.3 Å². The van der Waals surface area contributed by atoms with Crippen LogP contribution >= 0.6 is 15.9 Å². The van der Waals surface area contributed by atoms with Gasteiger partial charge in [-0.2, -0.15) is 0 Å². The minimum Gasteiger partial charge on any atom is -0.397 e. The van der Waals surface area contributed by atoms with Crippen molar-refractivity contribution in [3.05, 3.63) is 35.3 Å². The van der Waals surface area contributed by atoms with Crippen LogP contribution < -0.4 is 10.6 Å². The predicted molar refractivity (Wildman–Crippen MR) is 84.6 cm³/mol. The third-order valence-electron chi connectivity index (χ3n) is 3.70. The molecule has 0 bridgehead atoms. The summed E-state index contributed by atoms with van der Waals surface area (Å²) >= 11 is 3.50. The van der Waals surface area contributed by atoms with Crippen molar-refractivity contribution in [1.29, 1.82) is 0 Å². The zero-order valence-electron chi connectivity index (χ0n) is 11.4. The first-order chi connectivity index (χ1) is 9.04. The monoisotopic (exact) mass is 324 g/mol. The number of halogens is 1. The Hall–Kier alpha value is -1.00. The molecule has 1 aliphatic rings. The highest BCUT2D eigenvalue weighted by Gasteiger charge is 2.31. The van der Waals surface area contributed by atoms with Crippen molar-refractivity contribution in [3.8, 4) is 0 Å². The van der Waals surface area contributed by atoms with Crippen LogP contribution in [0.25, 0.3) is 0 Å². The van der Waals surface area contributed by atoms with Gasteiger partial charge in [0.25, 0.3) is 0 Å². The molecule has 0 unspecified atom stereocenters. The zero-order chi connectivity index (χ0) is 13.9. The van der Waals surface area contributed by atoms with Crippen LogP contribution in [-0.4, -0.2) is 25.3 Å². The molecule has 0 aromatic heterocycles. The number of piperidine rings is 1. The highest BCUT2D eigenvalue weighted by atomic mass is 79.9. The van der Waals surface area contributed by atoms with Crippen LogP contribution in [0.2, 0.25) is 0 Å². The highest BCUT2D eigenvalue weighted by molar-refractivity contribution is 9.10. The Morgan fingerprint density at radius 2 is 2.16 bits per heavy atom. The molecule has 19 heavy (non-hydrogen) atoms. The minimum atomic E-state index is -0.0362. The molecule has 0 atom stereocenters. The number of benzene rings is 1. The molecule has 0 amide bonds. The minimum absolute atomic E-state index is 0.0362. The van der Waals surface area contributed by atoms with Crippen molar-refractivity contribution in [1.82, 2.24) is 0 Å². The highest BCUT2D eigenvalue weighted by Crippen LogP contribution is 2.33. The lowest BCUT2D eigenvalue weighted by Gasteiger charge is -2.40. The van der Waals surface area contributed by atoms with Crippen LogP contribution in [0.4, 0.5) is 11.4 Å². The average molecular weight is 325 g/mol. The second kappa shape index (κ2) is 5.97. The molecule has 0 saturated carbocycles.